The summed E-state index contributed by atoms with van der Waals surface area (Å²) in [5, 5.41) is 13.8. The first-order valence-electron chi connectivity index (χ1n) is 17.4. The molecule has 2 saturated carbocycles. The van der Waals surface area contributed by atoms with Gasteiger partial charge in [0.05, 0.1) is 22.3 Å². The maximum Gasteiger partial charge on any atom is 0.573 e. The van der Waals surface area contributed by atoms with Gasteiger partial charge in [-0.1, -0.05) is 62.4 Å². The van der Waals surface area contributed by atoms with Crippen LogP contribution in [0.4, 0.5) is 30.2 Å². The van der Waals surface area contributed by atoms with Gasteiger partial charge in [0, 0.05) is 23.1 Å². The highest BCUT2D eigenvalue weighted by Crippen LogP contribution is 2.34. The average molecular weight is 1010 g/mol. The number of benzene rings is 3. The van der Waals surface area contributed by atoms with Crippen molar-refractivity contribution in [2.24, 2.45) is 17.8 Å². The van der Waals surface area contributed by atoms with Crippen LogP contribution < -0.4 is 4.74 Å². The van der Waals surface area contributed by atoms with Crippen molar-refractivity contribution in [2.75, 3.05) is 0 Å². The Labute approximate surface area is 376 Å². The second kappa shape index (κ2) is 27.2. The number of alkyl halides is 6. The molecule has 2 fully saturated rings. The highest BCUT2D eigenvalue weighted by atomic mass is 35.5. The minimum absolute atomic E-state index is 0. The molecule has 2 aliphatic carbocycles. The quantitative estimate of drug-likeness (QED) is 0.145. The zero-order valence-electron chi connectivity index (χ0n) is 31.6. The normalized spacial score (nSPS) is 15.8. The molecule has 0 amide bonds. The summed E-state index contributed by atoms with van der Waals surface area (Å²) >= 11 is 20.4. The molecule has 24 heteroatoms. The number of carbonyl (C=O) groups is 6. The molecule has 0 radical (unpaired) electrons. The van der Waals surface area contributed by atoms with Crippen molar-refractivity contribution in [3.8, 4) is 5.75 Å². The van der Waals surface area contributed by atoms with Crippen LogP contribution in [0.1, 0.15) is 94.4 Å². The monoisotopic (exact) mass is 1010 g/mol. The maximum absolute atomic E-state index is 12.4. The number of carboxylic acids is 2. The molecule has 0 heterocycles. The molecular formula is C38H36Cl5F7O11S. The first-order valence-corrected chi connectivity index (χ1v) is 20.3. The fourth-order valence-corrected chi connectivity index (χ4v) is 6.39. The molecule has 0 bridgehead atoms. The SMILES string of the molecule is Cl.O=C(Cl)CCC1CCCCC1.O=C(Cl)c1cccc(OC(F)(F)F)c1.O=C(Cl)c1cccc(S(=O)(=O)F)c1.O=C(Cl)c1ccccc1C(F)(F)F.O=C(O)[C@@H]1CC[C@H]1C(=O)O. The second-order valence-electron chi connectivity index (χ2n) is 12.8. The third kappa shape index (κ3) is 22.9. The molecular weight excluding hydrogens is 975 g/mol. The van der Waals surface area contributed by atoms with Gasteiger partial charge in [-0.15, -0.1) is 29.5 Å². The van der Waals surface area contributed by atoms with E-state index in [0.717, 1.165) is 48.7 Å². The van der Waals surface area contributed by atoms with E-state index in [-0.39, 0.29) is 28.8 Å². The van der Waals surface area contributed by atoms with E-state index in [9.17, 15) is 67.4 Å². The molecule has 0 saturated heterocycles. The molecule has 62 heavy (non-hydrogen) atoms. The van der Waals surface area contributed by atoms with E-state index in [0.29, 0.717) is 19.3 Å². The molecule has 2 atom stereocenters. The van der Waals surface area contributed by atoms with Crippen LogP contribution >= 0.6 is 58.8 Å². The average Bonchev–Trinajstić information content (AvgIpc) is 3.13. The van der Waals surface area contributed by atoms with E-state index >= 15 is 0 Å². The lowest BCUT2D eigenvalue weighted by molar-refractivity contribution is -0.274. The highest BCUT2D eigenvalue weighted by Gasteiger charge is 2.41. The van der Waals surface area contributed by atoms with Crippen molar-refractivity contribution in [1.29, 1.82) is 0 Å². The van der Waals surface area contributed by atoms with Crippen LogP contribution in [0.2, 0.25) is 0 Å². The third-order valence-corrected chi connectivity index (χ3v) is 10.1. The van der Waals surface area contributed by atoms with Crippen LogP contribution in [0.25, 0.3) is 0 Å². The fraction of sp³-hybridized carbons (Fsp3) is 0.368. The van der Waals surface area contributed by atoms with Gasteiger partial charge in [-0.05, 0) is 114 Å². The van der Waals surface area contributed by atoms with E-state index in [1.165, 1.54) is 68.5 Å². The lowest BCUT2D eigenvalue weighted by atomic mass is 9.74. The number of carboxylic acid groups (broad SMARTS) is 2. The van der Waals surface area contributed by atoms with Crippen molar-refractivity contribution in [3.05, 3.63) is 95.1 Å². The minimum Gasteiger partial charge on any atom is -0.481 e. The van der Waals surface area contributed by atoms with Gasteiger partial charge < -0.3 is 14.9 Å². The molecule has 3 aromatic rings. The van der Waals surface area contributed by atoms with Crippen LogP contribution in [-0.4, -0.2) is 57.9 Å². The third-order valence-electron chi connectivity index (χ3n) is 8.46. The molecule has 11 nitrogen and oxygen atoms in total. The van der Waals surface area contributed by atoms with Gasteiger partial charge in [-0.25, -0.2) is 0 Å². The second-order valence-corrected chi connectivity index (χ2v) is 15.6. The minimum atomic E-state index is -4.77. The number of halogens is 12. The Morgan fingerprint density at radius 3 is 1.53 bits per heavy atom. The summed E-state index contributed by atoms with van der Waals surface area (Å²) in [6.07, 6.45) is -0.00969. The van der Waals surface area contributed by atoms with E-state index in [1.807, 2.05) is 0 Å². The van der Waals surface area contributed by atoms with Gasteiger partial charge >= 0.3 is 34.7 Å². The first-order chi connectivity index (χ1) is 28.1. The lowest BCUT2D eigenvalue weighted by Gasteiger charge is -2.29. The molecule has 0 unspecified atom stereocenters. The Kier molecular flexibility index (Phi) is 25.5. The first kappa shape index (κ1) is 58.0. The molecule has 2 aliphatic rings. The topological polar surface area (TPSA) is 186 Å². The molecule has 3 aromatic carbocycles. The highest BCUT2D eigenvalue weighted by molar-refractivity contribution is 7.86. The van der Waals surface area contributed by atoms with Crippen molar-refractivity contribution < 1.29 is 82.4 Å². The van der Waals surface area contributed by atoms with Gasteiger partial charge in [0.2, 0.25) is 5.24 Å². The Hall–Kier alpha value is -4.01. The van der Waals surface area contributed by atoms with Crippen LogP contribution in [-0.2, 0) is 30.8 Å². The number of carbonyl (C=O) groups excluding carboxylic acids is 4. The summed E-state index contributed by atoms with van der Waals surface area (Å²) in [4.78, 5) is 62.1. The van der Waals surface area contributed by atoms with Crippen LogP contribution in [0.15, 0.2) is 77.7 Å². The Balaban J connectivity index is 0.000000750. The lowest BCUT2D eigenvalue weighted by Crippen LogP contribution is -2.37. The van der Waals surface area contributed by atoms with Crippen molar-refractivity contribution >= 4 is 102 Å². The Bertz CT molecular complexity index is 2080. The molecule has 5 rings (SSSR count). The van der Waals surface area contributed by atoms with Gasteiger partial charge in [0.1, 0.15) is 5.75 Å². The number of hydrogen-bond acceptors (Lipinski definition) is 9. The zero-order chi connectivity index (χ0) is 46.7. The van der Waals surface area contributed by atoms with Gasteiger partial charge in [0.25, 0.3) is 15.7 Å². The van der Waals surface area contributed by atoms with Crippen molar-refractivity contribution in [3.63, 3.8) is 0 Å². The van der Waals surface area contributed by atoms with Crippen LogP contribution in [0.5, 0.6) is 5.75 Å². The standard InChI is InChI=1S/C9H15ClO.C8H4ClF3O2.C8H4ClF3O.C7H4ClFO3S.C6H8O4.ClH/c10-9(11)7-6-8-4-2-1-3-5-8;9-7(13)5-2-1-3-6(4-5)14-8(10,11)12;9-7(13)5-3-1-2-4-6(5)8(10,11)12;8-7(10)5-2-1-3-6(4-5)13(9,11)12;7-5(8)3-1-2-4(3)6(9)10;/h8H,1-7H2;1-4H;2*1-4H;3-4H,1-2H2,(H,7,8)(H,9,10);1H/t;;;;3-,4-;/m....1./s1. The van der Waals surface area contributed by atoms with E-state index in [2.05, 4.69) is 4.74 Å². The zero-order valence-corrected chi connectivity index (χ0v) is 36.2. The van der Waals surface area contributed by atoms with Gasteiger partial charge in [-0.3, -0.25) is 28.8 Å². The number of aliphatic carboxylic acids is 2. The summed E-state index contributed by atoms with van der Waals surface area (Å²) < 4.78 is 109. The Morgan fingerprint density at radius 1 is 0.661 bits per heavy atom. The van der Waals surface area contributed by atoms with Crippen molar-refractivity contribution in [2.45, 2.75) is 75.2 Å². The molecule has 0 spiro atoms. The number of ether oxygens (including phenoxy) is 1. The molecule has 344 valence electrons. The van der Waals surface area contributed by atoms with Gasteiger partial charge in [-0.2, -0.15) is 21.6 Å². The molecule has 0 aliphatic heterocycles. The summed E-state index contributed by atoms with van der Waals surface area (Å²) in [7, 11) is -4.77. The summed E-state index contributed by atoms with van der Waals surface area (Å²) in [5.41, 5.74) is -1.62. The van der Waals surface area contributed by atoms with E-state index in [1.54, 1.807) is 0 Å². The van der Waals surface area contributed by atoms with Gasteiger partial charge in [0.15, 0.2) is 0 Å². The summed E-state index contributed by atoms with van der Waals surface area (Å²) in [5.74, 6) is -2.94. The predicted octanol–water partition coefficient (Wildman–Crippen LogP) is 11.5. The number of hydrogen-bond donors (Lipinski definition) is 2. The number of rotatable bonds is 10. The Morgan fingerprint density at radius 2 is 1.15 bits per heavy atom. The smallest absolute Gasteiger partial charge is 0.481 e. The van der Waals surface area contributed by atoms with Crippen molar-refractivity contribution in [1.82, 2.24) is 0 Å². The largest absolute Gasteiger partial charge is 0.573 e. The van der Waals surface area contributed by atoms with E-state index in [4.69, 9.17) is 56.6 Å². The predicted molar refractivity (Wildman–Crippen MR) is 215 cm³/mol. The molecule has 2 N–H and O–H groups in total. The van der Waals surface area contributed by atoms with E-state index < -0.39 is 84.0 Å². The molecule has 0 aromatic heterocycles. The summed E-state index contributed by atoms with van der Waals surface area (Å²) in [6.45, 7) is 0. The fourth-order valence-electron chi connectivity index (χ4n) is 5.37. The summed E-state index contributed by atoms with van der Waals surface area (Å²) in [6, 6.07) is 13.4. The van der Waals surface area contributed by atoms with Crippen LogP contribution in [0.3, 0.4) is 0 Å². The van der Waals surface area contributed by atoms with Crippen LogP contribution in [0, 0.1) is 17.8 Å². The maximum atomic E-state index is 12.4.